The van der Waals surface area contributed by atoms with E-state index < -0.39 is 10.0 Å². The lowest BCUT2D eigenvalue weighted by molar-refractivity contribution is 0.138. The smallest absolute Gasteiger partial charge is 0.317 e. The van der Waals surface area contributed by atoms with E-state index in [2.05, 4.69) is 17.1 Å². The number of carbonyl (C=O) groups excluding carboxylic acids is 1. The molecule has 1 aromatic carbocycles. The predicted molar refractivity (Wildman–Crippen MR) is 102 cm³/mol. The number of primary sulfonamides is 1. The minimum atomic E-state index is -3.66. The van der Waals surface area contributed by atoms with Crippen molar-refractivity contribution in [3.63, 3.8) is 0 Å². The van der Waals surface area contributed by atoms with Crippen LogP contribution in [-0.4, -0.2) is 63.5 Å². The van der Waals surface area contributed by atoms with Crippen LogP contribution in [0.5, 0.6) is 0 Å². The molecule has 2 amide bonds. The van der Waals surface area contributed by atoms with Crippen molar-refractivity contribution in [2.24, 2.45) is 5.14 Å². The molecule has 7 nitrogen and oxygen atoms in total. The van der Waals surface area contributed by atoms with Gasteiger partial charge < -0.3 is 10.2 Å². The number of unbranched alkanes of at least 4 members (excludes halogenated alkanes) is 2. The normalized spacial score (nSPS) is 15.8. The second kappa shape index (κ2) is 9.89. The summed E-state index contributed by atoms with van der Waals surface area (Å²) in [6, 6.07) is 6.40. The third-order valence-electron chi connectivity index (χ3n) is 4.68. The van der Waals surface area contributed by atoms with Crippen LogP contribution in [0.3, 0.4) is 0 Å². The maximum atomic E-state index is 12.2. The van der Waals surface area contributed by atoms with Gasteiger partial charge in [0.05, 0.1) is 4.90 Å². The average molecular weight is 383 g/mol. The van der Waals surface area contributed by atoms with Gasteiger partial charge >= 0.3 is 6.03 Å². The van der Waals surface area contributed by atoms with Crippen molar-refractivity contribution in [1.29, 1.82) is 0 Å². The van der Waals surface area contributed by atoms with E-state index in [-0.39, 0.29) is 10.9 Å². The first-order valence-electron chi connectivity index (χ1n) is 9.27. The molecule has 146 valence electrons. The lowest BCUT2D eigenvalue weighted by atomic mass is 10.1. The first-order valence-corrected chi connectivity index (χ1v) is 10.8. The summed E-state index contributed by atoms with van der Waals surface area (Å²) < 4.78 is 22.5. The van der Waals surface area contributed by atoms with Crippen LogP contribution < -0.4 is 10.5 Å². The molecule has 0 bridgehead atoms. The number of hydrogen-bond donors (Lipinski definition) is 2. The van der Waals surface area contributed by atoms with Crippen molar-refractivity contribution in [2.45, 2.75) is 37.5 Å². The van der Waals surface area contributed by atoms with Gasteiger partial charge in [0.15, 0.2) is 0 Å². The number of benzene rings is 1. The zero-order valence-corrected chi connectivity index (χ0v) is 16.3. The molecule has 1 fully saturated rings. The highest BCUT2D eigenvalue weighted by Gasteiger charge is 2.20. The van der Waals surface area contributed by atoms with Crippen molar-refractivity contribution in [3.8, 4) is 0 Å². The van der Waals surface area contributed by atoms with Crippen LogP contribution in [-0.2, 0) is 16.4 Å². The minimum Gasteiger partial charge on any atom is -0.338 e. The molecule has 0 aliphatic carbocycles. The molecule has 0 unspecified atom stereocenters. The average Bonchev–Trinajstić information content (AvgIpc) is 2.62. The van der Waals surface area contributed by atoms with Crippen LogP contribution in [0.25, 0.3) is 0 Å². The third-order valence-corrected chi connectivity index (χ3v) is 5.61. The van der Waals surface area contributed by atoms with Crippen molar-refractivity contribution in [1.82, 2.24) is 15.1 Å². The van der Waals surface area contributed by atoms with Gasteiger partial charge in [-0.25, -0.2) is 18.4 Å². The summed E-state index contributed by atoms with van der Waals surface area (Å²) >= 11 is 0. The Balaban J connectivity index is 1.68. The standard InChI is InChI=1S/C18H30N4O3S/c1-2-3-4-11-21-12-14-22(15-13-21)18(23)20-10-9-16-5-7-17(8-6-16)26(19,24)25/h5-8H,2-4,9-15H2,1H3,(H,20,23)(H2,19,24,25). The maximum Gasteiger partial charge on any atom is 0.317 e. The number of nitrogens with one attached hydrogen (secondary N) is 1. The van der Waals surface area contributed by atoms with Gasteiger partial charge in [-0.3, -0.25) is 4.90 Å². The third kappa shape index (κ3) is 6.59. The van der Waals surface area contributed by atoms with Crippen LogP contribution in [0.15, 0.2) is 29.2 Å². The van der Waals surface area contributed by atoms with Gasteiger partial charge in [-0.1, -0.05) is 31.9 Å². The van der Waals surface area contributed by atoms with Crippen LogP contribution >= 0.6 is 0 Å². The number of piperazine rings is 1. The molecule has 0 saturated carbocycles. The van der Waals surface area contributed by atoms with Crippen molar-refractivity contribution >= 4 is 16.1 Å². The van der Waals surface area contributed by atoms with Gasteiger partial charge in [0, 0.05) is 32.7 Å². The Morgan fingerprint density at radius 1 is 1.12 bits per heavy atom. The first kappa shape index (κ1) is 20.7. The summed E-state index contributed by atoms with van der Waals surface area (Å²) in [4.78, 5) is 16.6. The fraction of sp³-hybridized carbons (Fsp3) is 0.611. The minimum absolute atomic E-state index is 0.0284. The summed E-state index contributed by atoms with van der Waals surface area (Å²) in [5, 5.41) is 8.02. The van der Waals surface area contributed by atoms with Gasteiger partial charge in [0.2, 0.25) is 10.0 Å². The lowest BCUT2D eigenvalue weighted by Crippen LogP contribution is -2.52. The number of hydrogen-bond acceptors (Lipinski definition) is 4. The second-order valence-corrected chi connectivity index (χ2v) is 8.27. The van der Waals surface area contributed by atoms with Crippen molar-refractivity contribution < 1.29 is 13.2 Å². The second-order valence-electron chi connectivity index (χ2n) is 6.71. The number of nitrogens with zero attached hydrogens (tertiary/aromatic N) is 2. The Labute approximate surface area is 156 Å². The molecular weight excluding hydrogens is 352 g/mol. The highest BCUT2D eigenvalue weighted by molar-refractivity contribution is 7.89. The molecule has 1 heterocycles. The Morgan fingerprint density at radius 3 is 2.35 bits per heavy atom. The molecule has 2 rings (SSSR count). The quantitative estimate of drug-likeness (QED) is 0.664. The Morgan fingerprint density at radius 2 is 1.77 bits per heavy atom. The maximum absolute atomic E-state index is 12.2. The highest BCUT2D eigenvalue weighted by atomic mass is 32.2. The molecule has 1 aliphatic rings. The zero-order chi connectivity index (χ0) is 19.0. The van der Waals surface area contributed by atoms with E-state index in [9.17, 15) is 13.2 Å². The lowest BCUT2D eigenvalue weighted by Gasteiger charge is -2.34. The molecular formula is C18H30N4O3S. The van der Waals surface area contributed by atoms with Gasteiger partial charge in [0.1, 0.15) is 0 Å². The summed E-state index contributed by atoms with van der Waals surface area (Å²) in [6.45, 7) is 7.25. The van der Waals surface area contributed by atoms with Gasteiger partial charge in [-0.2, -0.15) is 0 Å². The van der Waals surface area contributed by atoms with E-state index in [1.807, 2.05) is 4.90 Å². The zero-order valence-electron chi connectivity index (χ0n) is 15.5. The molecule has 1 aliphatic heterocycles. The van der Waals surface area contributed by atoms with E-state index in [1.165, 1.54) is 31.4 Å². The monoisotopic (exact) mass is 382 g/mol. The summed E-state index contributed by atoms with van der Waals surface area (Å²) in [6.07, 6.45) is 4.37. The van der Waals surface area contributed by atoms with E-state index in [1.54, 1.807) is 12.1 Å². The van der Waals surface area contributed by atoms with E-state index in [4.69, 9.17) is 5.14 Å². The molecule has 0 aromatic heterocycles. The Kier molecular flexibility index (Phi) is 7.86. The van der Waals surface area contributed by atoms with Crippen LogP contribution in [0.1, 0.15) is 31.7 Å². The Bertz CT molecular complexity index is 668. The number of sulfonamides is 1. The highest BCUT2D eigenvalue weighted by Crippen LogP contribution is 2.09. The Hall–Kier alpha value is -1.64. The molecule has 0 radical (unpaired) electrons. The number of nitrogens with two attached hydrogens (primary N) is 1. The summed E-state index contributed by atoms with van der Waals surface area (Å²) in [5.41, 5.74) is 0.957. The number of rotatable bonds is 8. The molecule has 1 saturated heterocycles. The van der Waals surface area contributed by atoms with Gasteiger partial charge in [0.25, 0.3) is 0 Å². The van der Waals surface area contributed by atoms with Gasteiger partial charge in [-0.05, 0) is 37.1 Å². The fourth-order valence-corrected chi connectivity index (χ4v) is 3.55. The SMILES string of the molecule is CCCCCN1CCN(C(=O)NCCc2ccc(S(N)(=O)=O)cc2)CC1. The van der Waals surface area contributed by atoms with E-state index >= 15 is 0 Å². The summed E-state index contributed by atoms with van der Waals surface area (Å²) in [5.74, 6) is 0. The molecule has 0 spiro atoms. The van der Waals surface area contributed by atoms with Crippen LogP contribution in [0.4, 0.5) is 4.79 Å². The number of carbonyl (C=O) groups is 1. The van der Waals surface area contributed by atoms with Crippen LogP contribution in [0, 0.1) is 0 Å². The first-order chi connectivity index (χ1) is 12.4. The topological polar surface area (TPSA) is 95.7 Å². The molecule has 0 atom stereocenters. The van der Waals surface area contributed by atoms with Crippen LogP contribution in [0.2, 0.25) is 0 Å². The molecule has 8 heteroatoms. The largest absolute Gasteiger partial charge is 0.338 e. The number of amides is 2. The van der Waals surface area contributed by atoms with Crippen molar-refractivity contribution in [2.75, 3.05) is 39.3 Å². The van der Waals surface area contributed by atoms with E-state index in [0.717, 1.165) is 38.3 Å². The molecule has 1 aromatic rings. The fourth-order valence-electron chi connectivity index (χ4n) is 3.03. The molecule has 3 N–H and O–H groups in total. The molecule has 26 heavy (non-hydrogen) atoms. The number of urea groups is 1. The van der Waals surface area contributed by atoms with Crippen molar-refractivity contribution in [3.05, 3.63) is 29.8 Å². The van der Waals surface area contributed by atoms with Gasteiger partial charge in [-0.15, -0.1) is 0 Å². The summed E-state index contributed by atoms with van der Waals surface area (Å²) in [7, 11) is -3.66. The van der Waals surface area contributed by atoms with E-state index in [0.29, 0.717) is 13.0 Å². The predicted octanol–water partition coefficient (Wildman–Crippen LogP) is 1.39.